The Morgan fingerprint density at radius 3 is 2.55 bits per heavy atom. The third kappa shape index (κ3) is 4.66. The highest BCUT2D eigenvalue weighted by Crippen LogP contribution is 2.19. The van der Waals surface area contributed by atoms with Crippen molar-refractivity contribution >= 4 is 18.7 Å². The zero-order valence-corrected chi connectivity index (χ0v) is 12.9. The van der Waals surface area contributed by atoms with E-state index in [9.17, 15) is 9.59 Å². The Hall–Kier alpha value is -2.21. The van der Waals surface area contributed by atoms with E-state index in [2.05, 4.69) is 17.0 Å². The minimum Gasteiger partial charge on any atom is -0.480 e. The number of nitrogens with one attached hydrogen (secondary N) is 1. The summed E-state index contributed by atoms with van der Waals surface area (Å²) in [6, 6.07) is 8.61. The molecule has 1 rings (SSSR count). The molecule has 0 spiro atoms. The van der Waals surface area contributed by atoms with Gasteiger partial charge in [-0.25, -0.2) is 4.79 Å². The van der Waals surface area contributed by atoms with Crippen LogP contribution in [0.1, 0.15) is 25.8 Å². The summed E-state index contributed by atoms with van der Waals surface area (Å²) < 4.78 is 5.04. The molecule has 0 amide bonds. The Morgan fingerprint density at radius 1 is 1.41 bits per heavy atom. The molecule has 0 saturated carbocycles. The molecule has 22 heavy (non-hydrogen) atoms. The van der Waals surface area contributed by atoms with Crippen LogP contribution in [0, 0.1) is 0 Å². The number of nitrogens with zero attached hydrogens (tertiary/aromatic N) is 1. The van der Waals surface area contributed by atoms with Gasteiger partial charge in [-0.05, 0) is 32.5 Å². The summed E-state index contributed by atoms with van der Waals surface area (Å²) in [6.45, 7) is 6.77. The summed E-state index contributed by atoms with van der Waals surface area (Å²) in [7, 11) is 0. The molecule has 0 saturated heterocycles. The molecule has 6 nitrogen and oxygen atoms in total. The number of carboxylic acid groups (broad SMARTS) is 1. The van der Waals surface area contributed by atoms with Gasteiger partial charge in [-0.15, -0.1) is 0 Å². The quantitative estimate of drug-likeness (QED) is 0.535. The van der Waals surface area contributed by atoms with Gasteiger partial charge in [-0.3, -0.25) is 15.1 Å². The predicted octanol–water partition coefficient (Wildman–Crippen LogP) is 1.64. The molecule has 0 aromatic heterocycles. The number of rotatable bonds is 9. The summed E-state index contributed by atoms with van der Waals surface area (Å²) in [5, 5.41) is 11.8. The number of aliphatic imine (C=N–C) groups is 1. The number of hydrogen-bond donors (Lipinski definition) is 2. The second kappa shape index (κ2) is 8.29. The molecule has 6 heteroatoms. The van der Waals surface area contributed by atoms with E-state index >= 15 is 0 Å². The average molecular weight is 306 g/mol. The van der Waals surface area contributed by atoms with Crippen LogP contribution >= 0.6 is 0 Å². The first-order chi connectivity index (χ1) is 10.4. The SMILES string of the molecule is C=N[C@@](CCc1ccccc1)(N[C@@H](C)C(=O)O)C(=O)OCC. The lowest BCUT2D eigenvalue weighted by molar-refractivity contribution is -0.152. The van der Waals surface area contributed by atoms with E-state index in [-0.39, 0.29) is 13.0 Å². The van der Waals surface area contributed by atoms with Crippen LogP contribution in [0.4, 0.5) is 0 Å². The topological polar surface area (TPSA) is 88.0 Å². The number of esters is 1. The maximum absolute atomic E-state index is 12.3. The number of carboxylic acids is 1. The number of carbonyl (C=O) groups excluding carboxylic acids is 1. The Morgan fingerprint density at radius 2 is 2.05 bits per heavy atom. The third-order valence-electron chi connectivity index (χ3n) is 3.33. The Kier molecular flexibility index (Phi) is 6.72. The van der Waals surface area contributed by atoms with Gasteiger partial charge in [0.1, 0.15) is 6.04 Å². The number of ether oxygens (including phenoxy) is 1. The molecule has 0 unspecified atom stereocenters. The Bertz CT molecular complexity index is 518. The first-order valence-electron chi connectivity index (χ1n) is 7.14. The van der Waals surface area contributed by atoms with Crippen LogP contribution in [0.15, 0.2) is 35.3 Å². The van der Waals surface area contributed by atoms with Crippen LogP contribution in [0.25, 0.3) is 0 Å². The lowest BCUT2D eigenvalue weighted by Crippen LogP contribution is -2.56. The molecule has 0 aliphatic rings. The van der Waals surface area contributed by atoms with Crippen molar-refractivity contribution in [1.82, 2.24) is 5.32 Å². The monoisotopic (exact) mass is 306 g/mol. The normalized spacial score (nSPS) is 14.6. The predicted molar refractivity (Wildman–Crippen MR) is 83.9 cm³/mol. The van der Waals surface area contributed by atoms with Gasteiger partial charge in [0.2, 0.25) is 5.66 Å². The molecular weight excluding hydrogens is 284 g/mol. The van der Waals surface area contributed by atoms with E-state index in [0.29, 0.717) is 6.42 Å². The molecular formula is C16H22N2O4. The van der Waals surface area contributed by atoms with Gasteiger partial charge in [-0.1, -0.05) is 30.3 Å². The van der Waals surface area contributed by atoms with Crippen LogP contribution in [-0.4, -0.2) is 42.1 Å². The highest BCUT2D eigenvalue weighted by atomic mass is 16.5. The maximum Gasteiger partial charge on any atom is 0.349 e. The van der Waals surface area contributed by atoms with Gasteiger partial charge in [0.15, 0.2) is 0 Å². The number of hydrogen-bond acceptors (Lipinski definition) is 5. The first-order valence-corrected chi connectivity index (χ1v) is 7.14. The van der Waals surface area contributed by atoms with Gasteiger partial charge in [0.05, 0.1) is 6.61 Å². The molecule has 120 valence electrons. The van der Waals surface area contributed by atoms with Crippen LogP contribution in [-0.2, 0) is 20.7 Å². The summed E-state index contributed by atoms with van der Waals surface area (Å²) >= 11 is 0. The van der Waals surface area contributed by atoms with Gasteiger partial charge < -0.3 is 9.84 Å². The van der Waals surface area contributed by atoms with Crippen molar-refractivity contribution in [3.05, 3.63) is 35.9 Å². The molecule has 0 fully saturated rings. The van der Waals surface area contributed by atoms with Crippen LogP contribution in [0.5, 0.6) is 0 Å². The molecule has 2 N–H and O–H groups in total. The fourth-order valence-electron chi connectivity index (χ4n) is 2.06. The van der Waals surface area contributed by atoms with Crippen molar-refractivity contribution in [3.8, 4) is 0 Å². The van der Waals surface area contributed by atoms with Crippen molar-refractivity contribution in [1.29, 1.82) is 0 Å². The second-order valence-electron chi connectivity index (χ2n) is 4.93. The molecule has 1 aromatic rings. The van der Waals surface area contributed by atoms with E-state index in [0.717, 1.165) is 5.56 Å². The zero-order chi connectivity index (χ0) is 16.6. The van der Waals surface area contributed by atoms with Crippen molar-refractivity contribution in [3.63, 3.8) is 0 Å². The molecule has 0 aliphatic heterocycles. The Balaban J connectivity index is 2.95. The highest BCUT2D eigenvalue weighted by molar-refractivity contribution is 5.83. The first kappa shape index (κ1) is 17.8. The lowest BCUT2D eigenvalue weighted by Gasteiger charge is -2.30. The van der Waals surface area contributed by atoms with Gasteiger partial charge in [-0.2, -0.15) is 0 Å². The van der Waals surface area contributed by atoms with Crippen LogP contribution in [0.3, 0.4) is 0 Å². The smallest absolute Gasteiger partial charge is 0.349 e. The zero-order valence-electron chi connectivity index (χ0n) is 12.9. The number of aryl methyl sites for hydroxylation is 1. The van der Waals surface area contributed by atoms with Gasteiger partial charge >= 0.3 is 11.9 Å². The van der Waals surface area contributed by atoms with Gasteiger partial charge in [0.25, 0.3) is 0 Å². The fourth-order valence-corrected chi connectivity index (χ4v) is 2.06. The summed E-state index contributed by atoms with van der Waals surface area (Å²) in [5.74, 6) is -1.69. The van der Waals surface area contributed by atoms with Crippen molar-refractivity contribution in [2.75, 3.05) is 6.61 Å². The van der Waals surface area contributed by atoms with E-state index in [1.54, 1.807) is 6.92 Å². The number of carbonyl (C=O) groups is 2. The fraction of sp³-hybridized carbons (Fsp3) is 0.438. The summed E-state index contributed by atoms with van der Waals surface area (Å²) in [6.07, 6.45) is 0.801. The maximum atomic E-state index is 12.3. The minimum atomic E-state index is -1.47. The standard InChI is InChI=1S/C16H22N2O4/c1-4-22-15(21)16(17-3,18-12(2)14(19)20)11-10-13-8-6-5-7-9-13/h5-9,12,18H,3-4,10-11H2,1-2H3,(H,19,20)/t12-,16-/m0/s1. The molecule has 2 atom stereocenters. The molecule has 1 aromatic carbocycles. The van der Waals surface area contributed by atoms with Crippen molar-refractivity contribution in [2.24, 2.45) is 4.99 Å². The molecule has 0 aliphatic carbocycles. The Labute approximate surface area is 130 Å². The minimum absolute atomic E-state index is 0.185. The van der Waals surface area contributed by atoms with Crippen molar-refractivity contribution < 1.29 is 19.4 Å². The largest absolute Gasteiger partial charge is 0.480 e. The second-order valence-corrected chi connectivity index (χ2v) is 4.93. The average Bonchev–Trinajstić information content (AvgIpc) is 2.52. The van der Waals surface area contributed by atoms with Crippen molar-refractivity contribution in [2.45, 2.75) is 38.4 Å². The molecule has 0 bridgehead atoms. The van der Waals surface area contributed by atoms with E-state index in [1.807, 2.05) is 30.3 Å². The molecule has 0 heterocycles. The number of aliphatic carboxylic acids is 1. The number of benzene rings is 1. The summed E-state index contributed by atoms with van der Waals surface area (Å²) in [4.78, 5) is 27.2. The lowest BCUT2D eigenvalue weighted by atomic mass is 9.99. The molecule has 0 radical (unpaired) electrons. The van der Waals surface area contributed by atoms with Crippen LogP contribution in [0.2, 0.25) is 0 Å². The van der Waals surface area contributed by atoms with E-state index < -0.39 is 23.6 Å². The third-order valence-corrected chi connectivity index (χ3v) is 3.33. The van der Waals surface area contributed by atoms with E-state index in [4.69, 9.17) is 9.84 Å². The van der Waals surface area contributed by atoms with E-state index in [1.165, 1.54) is 6.92 Å². The van der Waals surface area contributed by atoms with Crippen LogP contribution < -0.4 is 5.32 Å². The summed E-state index contributed by atoms with van der Waals surface area (Å²) in [5.41, 5.74) is -0.450. The highest BCUT2D eigenvalue weighted by Gasteiger charge is 2.40. The van der Waals surface area contributed by atoms with Gasteiger partial charge in [0, 0.05) is 6.42 Å².